The summed E-state index contributed by atoms with van der Waals surface area (Å²) in [7, 11) is 1.67. The van der Waals surface area contributed by atoms with Crippen LogP contribution in [-0.2, 0) is 11.3 Å². The summed E-state index contributed by atoms with van der Waals surface area (Å²) >= 11 is 8.40. The second-order valence-electron chi connectivity index (χ2n) is 3.71. The zero-order valence-electron chi connectivity index (χ0n) is 9.30. The summed E-state index contributed by atoms with van der Waals surface area (Å²) in [6.45, 7) is 1.43. The number of fused-ring (bicyclic) bond motifs is 1. The van der Waals surface area contributed by atoms with Crippen LogP contribution in [0.3, 0.4) is 0 Å². The number of ether oxygens (including phenoxy) is 1. The van der Waals surface area contributed by atoms with E-state index in [4.69, 9.17) is 17.0 Å². The van der Waals surface area contributed by atoms with Crippen molar-refractivity contribution >= 4 is 39.2 Å². The summed E-state index contributed by atoms with van der Waals surface area (Å²) in [5.41, 5.74) is 1.62. The van der Waals surface area contributed by atoms with Crippen LogP contribution in [0, 0.1) is 10.6 Å². The lowest BCUT2D eigenvalue weighted by Gasteiger charge is -2.04. The molecule has 0 radical (unpaired) electrons. The van der Waals surface area contributed by atoms with Crippen molar-refractivity contribution < 1.29 is 9.13 Å². The number of H-pyrrole nitrogens is 1. The first kappa shape index (κ1) is 12.7. The maximum absolute atomic E-state index is 13.4. The summed E-state index contributed by atoms with van der Waals surface area (Å²) in [5, 5.41) is 0. The highest BCUT2D eigenvalue weighted by molar-refractivity contribution is 9.10. The van der Waals surface area contributed by atoms with Gasteiger partial charge in [-0.1, -0.05) is 0 Å². The van der Waals surface area contributed by atoms with Crippen molar-refractivity contribution in [3.63, 3.8) is 0 Å². The lowest BCUT2D eigenvalue weighted by molar-refractivity contribution is 0.190. The summed E-state index contributed by atoms with van der Waals surface area (Å²) in [5.74, 6) is -0.294. The second kappa shape index (κ2) is 5.29. The average Bonchev–Trinajstić information content (AvgIpc) is 2.57. The number of imidazole rings is 1. The lowest BCUT2D eigenvalue weighted by atomic mass is 10.3. The number of aromatic nitrogens is 2. The van der Waals surface area contributed by atoms with E-state index in [1.165, 1.54) is 6.07 Å². The molecule has 1 heterocycles. The van der Waals surface area contributed by atoms with Gasteiger partial charge in [-0.15, -0.1) is 0 Å². The molecular weight excluding hydrogens is 307 g/mol. The van der Waals surface area contributed by atoms with Gasteiger partial charge in [-0.05, 0) is 40.6 Å². The first-order chi connectivity index (χ1) is 8.13. The van der Waals surface area contributed by atoms with Gasteiger partial charge in [-0.3, -0.25) is 0 Å². The van der Waals surface area contributed by atoms with Crippen LogP contribution in [0.2, 0.25) is 0 Å². The first-order valence-corrected chi connectivity index (χ1v) is 6.40. The standard InChI is InChI=1S/C11H12BrFN2OS/c1-16-4-2-3-15-10-5-7(12)8(13)6-9(10)14-11(15)17/h5-6H,2-4H2,1H3,(H,14,17). The molecule has 0 saturated carbocycles. The Morgan fingerprint density at radius 3 is 3.00 bits per heavy atom. The van der Waals surface area contributed by atoms with Crippen molar-refractivity contribution in [2.24, 2.45) is 0 Å². The third-order valence-electron chi connectivity index (χ3n) is 2.55. The molecule has 2 aromatic rings. The highest BCUT2D eigenvalue weighted by Gasteiger charge is 2.08. The van der Waals surface area contributed by atoms with Crippen LogP contribution in [0.4, 0.5) is 4.39 Å². The Labute approximate surface area is 112 Å². The van der Waals surface area contributed by atoms with Gasteiger partial charge in [-0.25, -0.2) is 4.39 Å². The molecule has 0 atom stereocenters. The summed E-state index contributed by atoms with van der Waals surface area (Å²) in [6.07, 6.45) is 0.868. The van der Waals surface area contributed by atoms with Gasteiger partial charge in [0.15, 0.2) is 4.77 Å². The van der Waals surface area contributed by atoms with Gasteiger partial charge in [0.25, 0.3) is 0 Å². The molecule has 1 N–H and O–H groups in total. The van der Waals surface area contributed by atoms with Crippen LogP contribution in [0.1, 0.15) is 6.42 Å². The largest absolute Gasteiger partial charge is 0.385 e. The average molecular weight is 319 g/mol. The molecule has 0 amide bonds. The van der Waals surface area contributed by atoms with Gasteiger partial charge in [0.1, 0.15) is 5.82 Å². The minimum absolute atomic E-state index is 0.294. The number of halogens is 2. The topological polar surface area (TPSA) is 29.9 Å². The normalized spacial score (nSPS) is 11.2. The molecule has 1 aromatic carbocycles. The minimum atomic E-state index is -0.294. The fraction of sp³-hybridized carbons (Fsp3) is 0.364. The highest BCUT2D eigenvalue weighted by Crippen LogP contribution is 2.23. The van der Waals surface area contributed by atoms with Crippen LogP contribution in [0.15, 0.2) is 16.6 Å². The molecule has 0 fully saturated rings. The van der Waals surface area contributed by atoms with Crippen LogP contribution in [0.5, 0.6) is 0 Å². The molecule has 0 aliphatic carbocycles. The minimum Gasteiger partial charge on any atom is -0.385 e. The molecule has 1 aromatic heterocycles. The number of benzene rings is 1. The van der Waals surface area contributed by atoms with Crippen molar-refractivity contribution in [3.05, 3.63) is 27.2 Å². The van der Waals surface area contributed by atoms with Crippen molar-refractivity contribution in [3.8, 4) is 0 Å². The molecular formula is C11H12BrFN2OS. The molecule has 2 rings (SSSR count). The third-order valence-corrected chi connectivity index (χ3v) is 3.48. The monoisotopic (exact) mass is 318 g/mol. The smallest absolute Gasteiger partial charge is 0.178 e. The van der Waals surface area contributed by atoms with Crippen molar-refractivity contribution in [1.29, 1.82) is 0 Å². The fourth-order valence-corrected chi connectivity index (χ4v) is 2.37. The number of aryl methyl sites for hydroxylation is 1. The molecule has 0 aliphatic heterocycles. The van der Waals surface area contributed by atoms with E-state index in [1.807, 2.05) is 4.57 Å². The Morgan fingerprint density at radius 2 is 2.29 bits per heavy atom. The Kier molecular flexibility index (Phi) is 3.96. The van der Waals surface area contributed by atoms with Gasteiger partial charge in [-0.2, -0.15) is 0 Å². The predicted octanol–water partition coefficient (Wildman–Crippen LogP) is 3.64. The van der Waals surface area contributed by atoms with E-state index in [0.29, 0.717) is 21.4 Å². The van der Waals surface area contributed by atoms with E-state index in [2.05, 4.69) is 20.9 Å². The van der Waals surface area contributed by atoms with E-state index >= 15 is 0 Å². The predicted molar refractivity (Wildman–Crippen MR) is 71.3 cm³/mol. The lowest BCUT2D eigenvalue weighted by Crippen LogP contribution is -2.01. The quantitative estimate of drug-likeness (QED) is 0.689. The number of rotatable bonds is 4. The molecule has 3 nitrogen and oxygen atoms in total. The van der Waals surface area contributed by atoms with E-state index in [9.17, 15) is 4.39 Å². The van der Waals surface area contributed by atoms with E-state index in [-0.39, 0.29) is 5.82 Å². The Balaban J connectivity index is 2.44. The van der Waals surface area contributed by atoms with Gasteiger partial charge >= 0.3 is 0 Å². The zero-order chi connectivity index (χ0) is 12.4. The molecule has 0 spiro atoms. The number of hydrogen-bond donors (Lipinski definition) is 1. The zero-order valence-corrected chi connectivity index (χ0v) is 11.7. The van der Waals surface area contributed by atoms with E-state index in [0.717, 1.165) is 18.5 Å². The molecule has 17 heavy (non-hydrogen) atoms. The van der Waals surface area contributed by atoms with Gasteiger partial charge in [0.05, 0.1) is 15.5 Å². The van der Waals surface area contributed by atoms with Crippen LogP contribution < -0.4 is 0 Å². The highest BCUT2D eigenvalue weighted by atomic mass is 79.9. The molecule has 0 aliphatic rings. The molecule has 0 bridgehead atoms. The number of aromatic amines is 1. The molecule has 92 valence electrons. The Morgan fingerprint density at radius 1 is 1.53 bits per heavy atom. The number of nitrogens with one attached hydrogen (secondary N) is 1. The van der Waals surface area contributed by atoms with Crippen molar-refractivity contribution in [2.45, 2.75) is 13.0 Å². The number of hydrogen-bond acceptors (Lipinski definition) is 2. The van der Waals surface area contributed by atoms with E-state index in [1.54, 1.807) is 13.2 Å². The molecule has 6 heteroatoms. The van der Waals surface area contributed by atoms with Gasteiger partial charge in [0.2, 0.25) is 0 Å². The Bertz CT molecular complexity index is 593. The van der Waals surface area contributed by atoms with Gasteiger partial charge in [0, 0.05) is 26.3 Å². The number of nitrogens with zero attached hydrogens (tertiary/aromatic N) is 1. The van der Waals surface area contributed by atoms with Crippen LogP contribution in [-0.4, -0.2) is 23.3 Å². The first-order valence-electron chi connectivity index (χ1n) is 5.20. The summed E-state index contributed by atoms with van der Waals surface area (Å²) < 4.78 is 21.4. The summed E-state index contributed by atoms with van der Waals surface area (Å²) in [6, 6.07) is 3.19. The molecule has 0 unspecified atom stereocenters. The van der Waals surface area contributed by atoms with Gasteiger partial charge < -0.3 is 14.3 Å². The van der Waals surface area contributed by atoms with Crippen LogP contribution >= 0.6 is 28.1 Å². The van der Waals surface area contributed by atoms with E-state index < -0.39 is 0 Å². The van der Waals surface area contributed by atoms with Crippen LogP contribution in [0.25, 0.3) is 11.0 Å². The number of methoxy groups -OCH3 is 1. The molecule has 0 saturated heterocycles. The maximum atomic E-state index is 13.4. The van der Waals surface area contributed by atoms with Crippen molar-refractivity contribution in [1.82, 2.24) is 9.55 Å². The third kappa shape index (κ3) is 2.59. The Hall–Kier alpha value is -0.720. The second-order valence-corrected chi connectivity index (χ2v) is 4.95. The fourth-order valence-electron chi connectivity index (χ4n) is 1.74. The van der Waals surface area contributed by atoms with Crippen molar-refractivity contribution in [2.75, 3.05) is 13.7 Å². The maximum Gasteiger partial charge on any atom is 0.178 e. The SMILES string of the molecule is COCCCn1c(=S)[nH]c2cc(F)c(Br)cc21. The summed E-state index contributed by atoms with van der Waals surface area (Å²) in [4.78, 5) is 3.00.